The molecule has 1 aliphatic heterocycles. The van der Waals surface area contributed by atoms with Gasteiger partial charge < -0.3 is 4.90 Å². The Morgan fingerprint density at radius 1 is 1.30 bits per heavy atom. The Hall–Kier alpha value is -0.460. The number of rotatable bonds is 0. The second kappa shape index (κ2) is 2.01. The molecule has 0 N–H and O–H groups in total. The summed E-state index contributed by atoms with van der Waals surface area (Å²) < 4.78 is 0. The highest BCUT2D eigenvalue weighted by molar-refractivity contribution is 5.26. The van der Waals surface area contributed by atoms with Crippen LogP contribution in [0.4, 0.5) is 0 Å². The summed E-state index contributed by atoms with van der Waals surface area (Å²) >= 11 is 0. The van der Waals surface area contributed by atoms with Crippen LogP contribution < -0.4 is 0 Å². The minimum atomic E-state index is 0.340. The number of nitrogens with zero attached hydrogens (tertiary/aromatic N) is 1. The quantitative estimate of drug-likeness (QED) is 0.466. The molecule has 10 heavy (non-hydrogen) atoms. The van der Waals surface area contributed by atoms with Gasteiger partial charge in [0.25, 0.3) is 0 Å². The second-order valence-corrected chi connectivity index (χ2v) is 4.20. The van der Waals surface area contributed by atoms with Gasteiger partial charge in [-0.3, -0.25) is 0 Å². The first-order chi connectivity index (χ1) is 4.43. The maximum atomic E-state index is 2.43. The third-order valence-corrected chi connectivity index (χ3v) is 1.92. The topological polar surface area (TPSA) is 3.01 Å². The molecule has 58 valence electrons. The van der Waals surface area contributed by atoms with Crippen molar-refractivity contribution in [3.63, 3.8) is 0 Å². The van der Waals surface area contributed by atoms with E-state index in [1.165, 1.54) is 17.8 Å². The Bertz CT molecular complexity index is 168. The van der Waals surface area contributed by atoms with Gasteiger partial charge >= 0.3 is 0 Å². The van der Waals surface area contributed by atoms with Crippen LogP contribution in [0.1, 0.15) is 34.6 Å². The summed E-state index contributed by atoms with van der Waals surface area (Å²) in [5, 5.41) is 0. The molecule has 1 rings (SSSR count). The Kier molecular flexibility index (Phi) is 1.54. The highest BCUT2D eigenvalue weighted by atomic mass is 15.3. The van der Waals surface area contributed by atoms with Crippen LogP contribution >= 0.6 is 0 Å². The van der Waals surface area contributed by atoms with Gasteiger partial charge in [0.05, 0.1) is 6.54 Å². The fraction of sp³-hybridized carbons (Fsp3) is 0.778. The lowest BCUT2D eigenvalue weighted by molar-refractivity contribution is 0.324. The molecule has 0 aliphatic carbocycles. The molecule has 0 amide bonds. The Balaban J connectivity index is 2.63. The molecule has 0 spiro atoms. The van der Waals surface area contributed by atoms with Crippen LogP contribution in [0.25, 0.3) is 0 Å². The van der Waals surface area contributed by atoms with Gasteiger partial charge in [-0.15, -0.1) is 0 Å². The predicted octanol–water partition coefficient (Wildman–Crippen LogP) is 2.39. The van der Waals surface area contributed by atoms with Gasteiger partial charge in [-0.2, -0.15) is 0 Å². The van der Waals surface area contributed by atoms with E-state index in [1.807, 2.05) is 0 Å². The summed E-state index contributed by atoms with van der Waals surface area (Å²) in [5.74, 6) is 0. The molecule has 1 heteroatoms. The molecule has 1 heterocycles. The van der Waals surface area contributed by atoms with Crippen LogP contribution in [0.2, 0.25) is 0 Å². The largest absolute Gasteiger partial charge is 0.363 e. The van der Waals surface area contributed by atoms with Gasteiger partial charge in [0, 0.05) is 11.2 Å². The van der Waals surface area contributed by atoms with E-state index in [9.17, 15) is 0 Å². The fourth-order valence-electron chi connectivity index (χ4n) is 1.18. The summed E-state index contributed by atoms with van der Waals surface area (Å²) in [7, 11) is 0. The molecule has 0 bridgehead atoms. The number of allylic oxidation sites excluding steroid dienone is 1. The Morgan fingerprint density at radius 2 is 1.80 bits per heavy atom. The molecular formula is C9H17N. The average molecular weight is 139 g/mol. The molecule has 0 aromatic heterocycles. The van der Waals surface area contributed by atoms with Crippen molar-refractivity contribution < 1.29 is 0 Å². The zero-order valence-corrected chi connectivity index (χ0v) is 7.65. The molecule has 0 aromatic carbocycles. The van der Waals surface area contributed by atoms with Crippen molar-refractivity contribution in [2.45, 2.75) is 40.2 Å². The summed E-state index contributed by atoms with van der Waals surface area (Å²) in [6.45, 7) is 12.3. The van der Waals surface area contributed by atoms with Crippen molar-refractivity contribution in [2.24, 2.45) is 0 Å². The van der Waals surface area contributed by atoms with Crippen molar-refractivity contribution in [1.82, 2.24) is 4.90 Å². The van der Waals surface area contributed by atoms with Gasteiger partial charge in [-0.05, 0) is 34.6 Å². The maximum Gasteiger partial charge on any atom is 0.0581 e. The van der Waals surface area contributed by atoms with Crippen molar-refractivity contribution >= 4 is 0 Å². The van der Waals surface area contributed by atoms with Gasteiger partial charge in [0.1, 0.15) is 0 Å². The van der Waals surface area contributed by atoms with Crippen LogP contribution in [0.3, 0.4) is 0 Å². The van der Waals surface area contributed by atoms with Crippen molar-refractivity contribution in [3.8, 4) is 0 Å². The van der Waals surface area contributed by atoms with E-state index in [0.29, 0.717) is 5.54 Å². The van der Waals surface area contributed by atoms with E-state index in [-0.39, 0.29) is 0 Å². The van der Waals surface area contributed by atoms with E-state index < -0.39 is 0 Å². The van der Waals surface area contributed by atoms with E-state index in [2.05, 4.69) is 39.5 Å². The Labute approximate surface area is 63.7 Å². The van der Waals surface area contributed by atoms with E-state index in [1.54, 1.807) is 0 Å². The monoisotopic (exact) mass is 139 g/mol. The van der Waals surface area contributed by atoms with Gasteiger partial charge in [0.2, 0.25) is 0 Å². The molecule has 0 atom stereocenters. The zero-order valence-electron chi connectivity index (χ0n) is 7.65. The molecule has 0 saturated carbocycles. The standard InChI is InChI=1S/C9H17N/c1-7(2)8-6-10(8)9(3,4)5/h6H2,1-5H3. The minimum Gasteiger partial charge on any atom is -0.363 e. The maximum absolute atomic E-state index is 2.43. The van der Waals surface area contributed by atoms with Crippen LogP contribution in [0, 0.1) is 0 Å². The zero-order chi connectivity index (χ0) is 7.94. The average Bonchev–Trinajstić information content (AvgIpc) is 2.35. The molecule has 0 aromatic rings. The van der Waals surface area contributed by atoms with Crippen molar-refractivity contribution in [3.05, 3.63) is 11.3 Å². The summed E-state index contributed by atoms with van der Waals surface area (Å²) in [5.41, 5.74) is 3.34. The third-order valence-electron chi connectivity index (χ3n) is 1.92. The first kappa shape index (κ1) is 7.64. The lowest BCUT2D eigenvalue weighted by Gasteiger charge is -2.20. The minimum absolute atomic E-state index is 0.340. The third kappa shape index (κ3) is 1.34. The fourth-order valence-corrected chi connectivity index (χ4v) is 1.18. The smallest absolute Gasteiger partial charge is 0.0581 e. The molecular weight excluding hydrogens is 122 g/mol. The van der Waals surface area contributed by atoms with Crippen molar-refractivity contribution in [2.75, 3.05) is 6.54 Å². The predicted molar refractivity (Wildman–Crippen MR) is 44.8 cm³/mol. The van der Waals surface area contributed by atoms with E-state index in [4.69, 9.17) is 0 Å². The van der Waals surface area contributed by atoms with E-state index in [0.717, 1.165) is 0 Å². The number of hydrogen-bond acceptors (Lipinski definition) is 1. The van der Waals surface area contributed by atoms with Crippen molar-refractivity contribution in [1.29, 1.82) is 0 Å². The van der Waals surface area contributed by atoms with E-state index >= 15 is 0 Å². The van der Waals surface area contributed by atoms with Crippen LogP contribution in [0.5, 0.6) is 0 Å². The summed E-state index contributed by atoms with van der Waals surface area (Å²) in [4.78, 5) is 2.43. The number of hydrogen-bond donors (Lipinski definition) is 0. The highest BCUT2D eigenvalue weighted by Gasteiger charge is 2.35. The first-order valence-corrected chi connectivity index (χ1v) is 3.87. The Morgan fingerprint density at radius 3 is 1.90 bits per heavy atom. The van der Waals surface area contributed by atoms with Crippen LogP contribution in [0.15, 0.2) is 11.3 Å². The lowest BCUT2D eigenvalue weighted by atomic mass is 10.1. The lowest BCUT2D eigenvalue weighted by Crippen LogP contribution is -2.24. The normalized spacial score (nSPS) is 17.7. The highest BCUT2D eigenvalue weighted by Crippen LogP contribution is 2.34. The molecule has 1 aliphatic rings. The molecule has 1 nitrogen and oxygen atoms in total. The van der Waals surface area contributed by atoms with Crippen LogP contribution in [-0.4, -0.2) is 17.0 Å². The molecule has 1 saturated heterocycles. The van der Waals surface area contributed by atoms with Gasteiger partial charge in [0.15, 0.2) is 0 Å². The first-order valence-electron chi connectivity index (χ1n) is 3.87. The summed E-state index contributed by atoms with van der Waals surface area (Å²) in [6, 6.07) is 0. The molecule has 1 fully saturated rings. The van der Waals surface area contributed by atoms with Gasteiger partial charge in [-0.1, -0.05) is 5.57 Å². The molecule has 0 radical (unpaired) electrons. The van der Waals surface area contributed by atoms with Crippen LogP contribution in [-0.2, 0) is 0 Å². The second-order valence-electron chi connectivity index (χ2n) is 4.20. The summed E-state index contributed by atoms with van der Waals surface area (Å²) in [6.07, 6.45) is 0. The SMILES string of the molecule is CC(C)=C1CN1C(C)(C)C. The van der Waals surface area contributed by atoms with Gasteiger partial charge in [-0.25, -0.2) is 0 Å². The molecule has 0 unspecified atom stereocenters.